The Balaban J connectivity index is 2.31. The van der Waals surface area contributed by atoms with Crippen molar-refractivity contribution in [2.24, 2.45) is 10.9 Å². The van der Waals surface area contributed by atoms with Gasteiger partial charge in [0.15, 0.2) is 5.84 Å². The fourth-order valence-electron chi connectivity index (χ4n) is 2.14. The predicted molar refractivity (Wildman–Crippen MR) is 89.9 cm³/mol. The van der Waals surface area contributed by atoms with Crippen LogP contribution < -0.4 is 10.6 Å². The van der Waals surface area contributed by atoms with Crippen LogP contribution in [0.15, 0.2) is 52.1 Å². The highest BCUT2D eigenvalue weighted by Gasteiger charge is 2.12. The summed E-state index contributed by atoms with van der Waals surface area (Å²) in [7, 11) is 1.98. The molecule has 0 aliphatic carbocycles. The van der Waals surface area contributed by atoms with Crippen molar-refractivity contribution >= 4 is 27.5 Å². The van der Waals surface area contributed by atoms with Crippen LogP contribution in [0.3, 0.4) is 0 Å². The minimum absolute atomic E-state index is 0.105. The summed E-state index contributed by atoms with van der Waals surface area (Å²) in [5.74, 6) is 0.105. The number of hydrogen-bond acceptors (Lipinski definition) is 3. The summed E-state index contributed by atoms with van der Waals surface area (Å²) in [6.07, 6.45) is 0. The highest BCUT2D eigenvalue weighted by Crippen LogP contribution is 2.25. The molecule has 110 valence electrons. The van der Waals surface area contributed by atoms with Gasteiger partial charge in [-0.2, -0.15) is 0 Å². The van der Waals surface area contributed by atoms with Gasteiger partial charge in [0.1, 0.15) is 0 Å². The van der Waals surface area contributed by atoms with Gasteiger partial charge in [-0.3, -0.25) is 0 Å². The predicted octanol–water partition coefficient (Wildman–Crippen LogP) is 3.49. The largest absolute Gasteiger partial charge is 0.409 e. The maximum Gasteiger partial charge on any atom is 0.172 e. The van der Waals surface area contributed by atoms with Gasteiger partial charge in [-0.25, -0.2) is 0 Å². The molecule has 2 aromatic carbocycles. The van der Waals surface area contributed by atoms with E-state index in [1.165, 1.54) is 11.1 Å². The number of nitrogens with zero attached hydrogens (tertiary/aromatic N) is 2. The summed E-state index contributed by atoms with van der Waals surface area (Å²) in [4.78, 5) is 2.07. The number of hydrogen-bond donors (Lipinski definition) is 2. The summed E-state index contributed by atoms with van der Waals surface area (Å²) in [6.45, 7) is 2.81. The van der Waals surface area contributed by atoms with Gasteiger partial charge in [0.25, 0.3) is 0 Å². The molecule has 2 rings (SSSR count). The fraction of sp³-hybridized carbons (Fsp3) is 0.188. The number of oxime groups is 1. The SMILES string of the molecule is Cc1ccc(CN(C)c2cc(Br)ccc2/C(N)=N/O)cc1. The summed E-state index contributed by atoms with van der Waals surface area (Å²) in [5.41, 5.74) is 9.80. The molecule has 0 saturated carbocycles. The molecule has 0 amide bonds. The Morgan fingerprint density at radius 1 is 1.24 bits per heavy atom. The maximum atomic E-state index is 8.92. The molecule has 0 bridgehead atoms. The summed E-state index contributed by atoms with van der Waals surface area (Å²) in [6, 6.07) is 14.1. The maximum absolute atomic E-state index is 8.92. The minimum Gasteiger partial charge on any atom is -0.409 e. The third-order valence-corrected chi connectivity index (χ3v) is 3.79. The third kappa shape index (κ3) is 3.76. The van der Waals surface area contributed by atoms with Crippen LogP contribution in [0.2, 0.25) is 0 Å². The van der Waals surface area contributed by atoms with Crippen molar-refractivity contribution in [2.45, 2.75) is 13.5 Å². The number of benzene rings is 2. The highest BCUT2D eigenvalue weighted by molar-refractivity contribution is 9.10. The summed E-state index contributed by atoms with van der Waals surface area (Å²) < 4.78 is 0.947. The van der Waals surface area contributed by atoms with Crippen LogP contribution in [0.1, 0.15) is 16.7 Å². The molecule has 0 unspecified atom stereocenters. The lowest BCUT2D eigenvalue weighted by atomic mass is 10.1. The van der Waals surface area contributed by atoms with Crippen molar-refractivity contribution in [3.05, 3.63) is 63.6 Å². The molecule has 3 N–H and O–H groups in total. The Bertz CT molecular complexity index is 653. The molecule has 0 radical (unpaired) electrons. The Morgan fingerprint density at radius 2 is 1.90 bits per heavy atom. The van der Waals surface area contributed by atoms with E-state index in [2.05, 4.69) is 57.2 Å². The molecule has 0 saturated heterocycles. The Hall–Kier alpha value is -2.01. The van der Waals surface area contributed by atoms with Crippen LogP contribution in [0.25, 0.3) is 0 Å². The van der Waals surface area contributed by atoms with E-state index >= 15 is 0 Å². The number of rotatable bonds is 4. The van der Waals surface area contributed by atoms with Crippen molar-refractivity contribution in [1.29, 1.82) is 0 Å². The van der Waals surface area contributed by atoms with E-state index in [1.807, 2.05) is 25.2 Å². The van der Waals surface area contributed by atoms with Crippen molar-refractivity contribution in [3.8, 4) is 0 Å². The number of aryl methyl sites for hydroxylation is 1. The fourth-order valence-corrected chi connectivity index (χ4v) is 2.49. The van der Waals surface area contributed by atoms with Gasteiger partial charge in [0, 0.05) is 29.3 Å². The van der Waals surface area contributed by atoms with Crippen LogP contribution in [0.4, 0.5) is 5.69 Å². The molecule has 2 aromatic rings. The highest BCUT2D eigenvalue weighted by atomic mass is 79.9. The molecule has 0 aliphatic heterocycles. The number of amidine groups is 1. The first-order chi connectivity index (χ1) is 10.0. The molecule has 5 heteroatoms. The third-order valence-electron chi connectivity index (χ3n) is 3.30. The zero-order chi connectivity index (χ0) is 15.4. The first-order valence-electron chi connectivity index (χ1n) is 6.55. The first kappa shape index (κ1) is 15.4. The monoisotopic (exact) mass is 347 g/mol. The van der Waals surface area contributed by atoms with Gasteiger partial charge >= 0.3 is 0 Å². The molecular formula is C16H18BrN3O. The van der Waals surface area contributed by atoms with E-state index in [-0.39, 0.29) is 5.84 Å². The Kier molecular flexibility index (Phi) is 4.85. The molecule has 0 aromatic heterocycles. The zero-order valence-corrected chi connectivity index (χ0v) is 13.6. The van der Waals surface area contributed by atoms with Crippen LogP contribution in [-0.2, 0) is 6.54 Å². The molecule has 0 heterocycles. The van der Waals surface area contributed by atoms with Gasteiger partial charge in [-0.05, 0) is 30.7 Å². The molecule has 21 heavy (non-hydrogen) atoms. The topological polar surface area (TPSA) is 61.8 Å². The lowest BCUT2D eigenvalue weighted by Gasteiger charge is -2.22. The second-order valence-electron chi connectivity index (χ2n) is 4.99. The van der Waals surface area contributed by atoms with E-state index in [9.17, 15) is 0 Å². The van der Waals surface area contributed by atoms with Crippen LogP contribution in [-0.4, -0.2) is 18.1 Å². The smallest absolute Gasteiger partial charge is 0.172 e. The molecule has 0 fully saturated rings. The molecule has 0 aliphatic rings. The van der Waals surface area contributed by atoms with E-state index in [0.717, 1.165) is 16.7 Å². The first-order valence-corrected chi connectivity index (χ1v) is 7.34. The van der Waals surface area contributed by atoms with Gasteiger partial charge in [0.2, 0.25) is 0 Å². The van der Waals surface area contributed by atoms with Gasteiger partial charge in [0.05, 0.1) is 0 Å². The van der Waals surface area contributed by atoms with Crippen molar-refractivity contribution < 1.29 is 5.21 Å². The number of halogens is 1. The lowest BCUT2D eigenvalue weighted by molar-refractivity contribution is 0.318. The van der Waals surface area contributed by atoms with E-state index in [4.69, 9.17) is 10.9 Å². The molecule has 4 nitrogen and oxygen atoms in total. The zero-order valence-electron chi connectivity index (χ0n) is 12.0. The molecule has 0 spiro atoms. The lowest BCUT2D eigenvalue weighted by Crippen LogP contribution is -2.22. The standard InChI is InChI=1S/C16H18BrN3O/c1-11-3-5-12(6-4-11)10-20(2)15-9-13(17)7-8-14(15)16(18)19-21/h3-9,21H,10H2,1-2H3,(H2,18,19). The second kappa shape index (κ2) is 6.63. The van der Waals surface area contributed by atoms with E-state index < -0.39 is 0 Å². The molecular weight excluding hydrogens is 330 g/mol. The average Bonchev–Trinajstić information content (AvgIpc) is 2.48. The van der Waals surface area contributed by atoms with Crippen molar-refractivity contribution in [1.82, 2.24) is 0 Å². The quantitative estimate of drug-likeness (QED) is 0.385. The van der Waals surface area contributed by atoms with Crippen LogP contribution in [0.5, 0.6) is 0 Å². The van der Waals surface area contributed by atoms with Crippen molar-refractivity contribution in [3.63, 3.8) is 0 Å². The average molecular weight is 348 g/mol. The normalized spacial score (nSPS) is 11.5. The van der Waals surface area contributed by atoms with Crippen LogP contribution >= 0.6 is 15.9 Å². The Labute approximate surface area is 133 Å². The number of anilines is 1. The number of nitrogens with two attached hydrogens (primary N) is 1. The second-order valence-corrected chi connectivity index (χ2v) is 5.90. The molecule has 0 atom stereocenters. The van der Waals surface area contributed by atoms with E-state index in [0.29, 0.717) is 5.56 Å². The summed E-state index contributed by atoms with van der Waals surface area (Å²) in [5, 5.41) is 12.0. The van der Waals surface area contributed by atoms with Gasteiger partial charge in [-0.15, -0.1) is 0 Å². The van der Waals surface area contributed by atoms with Gasteiger partial charge in [-0.1, -0.05) is 50.9 Å². The van der Waals surface area contributed by atoms with Crippen LogP contribution in [0, 0.1) is 6.92 Å². The summed E-state index contributed by atoms with van der Waals surface area (Å²) >= 11 is 3.46. The Morgan fingerprint density at radius 3 is 2.52 bits per heavy atom. The van der Waals surface area contributed by atoms with Gasteiger partial charge < -0.3 is 15.8 Å². The van der Waals surface area contributed by atoms with E-state index in [1.54, 1.807) is 0 Å². The van der Waals surface area contributed by atoms with Crippen molar-refractivity contribution in [2.75, 3.05) is 11.9 Å². The minimum atomic E-state index is 0.105.